The van der Waals surface area contributed by atoms with Gasteiger partial charge in [0, 0.05) is 127 Å². The van der Waals surface area contributed by atoms with Gasteiger partial charge in [-0.05, 0) is 60.7 Å². The maximum absolute atomic E-state index is 12.4. The van der Waals surface area contributed by atoms with Gasteiger partial charge in [0.05, 0.1) is 0 Å². The van der Waals surface area contributed by atoms with Gasteiger partial charge in [-0.15, -0.1) is 0 Å². The molecule has 25 nitrogen and oxygen atoms in total. The summed E-state index contributed by atoms with van der Waals surface area (Å²) in [6, 6.07) is 22.5. The zero-order valence-electron chi connectivity index (χ0n) is 42.1. The molecule has 0 spiro atoms. The molecule has 25 heteroatoms. The Bertz CT molecular complexity index is 2430. The number of nitrogens with two attached hydrogens (primary N) is 1. The van der Waals surface area contributed by atoms with E-state index < -0.39 is 11.8 Å². The summed E-state index contributed by atoms with van der Waals surface area (Å²) in [6.45, 7) is 0.372. The van der Waals surface area contributed by atoms with Gasteiger partial charge in [0.1, 0.15) is 0 Å². The third kappa shape index (κ3) is 26.3. The van der Waals surface area contributed by atoms with Crippen molar-refractivity contribution in [3.8, 4) is 57.5 Å². The SMILES string of the molecule is C.C.C.COCOc1ccc(N)cc1OCOC.COCOc1ccc(NC(=O)CCC(=O)Nc2ccc(OCOC)c(OCOC)c2)cc1OCOC.O=C(CCC(=O)Nc1ccc(O)c(O)c1)Nc1ccc(O)c(O)c1. The highest BCUT2D eigenvalue weighted by atomic mass is 16.7. The third-order valence-corrected chi connectivity index (χ3v) is 9.09. The Hall–Kier alpha value is -8.46. The topological polar surface area (TPSA) is 334 Å². The number of amides is 4. The number of anilines is 5. The molecule has 78 heavy (non-hydrogen) atoms. The third-order valence-electron chi connectivity index (χ3n) is 9.09. The van der Waals surface area contributed by atoms with Crippen LogP contribution in [0.15, 0.2) is 91.0 Å². The maximum Gasteiger partial charge on any atom is 0.224 e. The van der Waals surface area contributed by atoms with E-state index >= 15 is 0 Å². The fraction of sp³-hybridized carbons (Fsp3) is 0.358. The van der Waals surface area contributed by atoms with Crippen LogP contribution in [0.1, 0.15) is 48.0 Å². The van der Waals surface area contributed by atoms with Crippen LogP contribution in [0.5, 0.6) is 57.5 Å². The highest BCUT2D eigenvalue weighted by Gasteiger charge is 2.15. The average Bonchev–Trinajstić information content (AvgIpc) is 3.39. The molecule has 0 aliphatic rings. The average molecular weight is 1100 g/mol. The van der Waals surface area contributed by atoms with E-state index in [1.165, 1.54) is 64.8 Å². The van der Waals surface area contributed by atoms with Crippen molar-refractivity contribution in [1.82, 2.24) is 0 Å². The number of methoxy groups -OCH3 is 6. The minimum absolute atomic E-state index is 0. The van der Waals surface area contributed by atoms with Gasteiger partial charge < -0.3 is 104 Å². The molecule has 0 bridgehead atoms. The number of carbonyl (C=O) groups is 4. The summed E-state index contributed by atoms with van der Waals surface area (Å²) in [6.07, 6.45) is -0.275. The van der Waals surface area contributed by atoms with E-state index in [-0.39, 0.29) is 124 Å². The summed E-state index contributed by atoms with van der Waals surface area (Å²) in [5, 5.41) is 47.5. The lowest BCUT2D eigenvalue weighted by atomic mass is 10.2. The number of hydrogen-bond acceptors (Lipinski definition) is 21. The summed E-state index contributed by atoms with van der Waals surface area (Å²) >= 11 is 0. The molecule has 0 saturated heterocycles. The van der Waals surface area contributed by atoms with E-state index in [9.17, 15) is 39.6 Å². The Kier molecular flexibility index (Phi) is 34.8. The number of phenols is 4. The molecule has 5 aromatic carbocycles. The summed E-state index contributed by atoms with van der Waals surface area (Å²) in [5.74, 6) is -0.198. The molecule has 0 unspecified atom stereocenters. The van der Waals surface area contributed by atoms with E-state index in [0.29, 0.717) is 62.9 Å². The van der Waals surface area contributed by atoms with Crippen molar-refractivity contribution in [2.75, 3.05) is 110 Å². The molecule has 0 atom stereocenters. The quantitative estimate of drug-likeness (QED) is 0.00991. The molecule has 0 radical (unpaired) electrons. The van der Waals surface area contributed by atoms with E-state index in [4.69, 9.17) is 62.6 Å². The van der Waals surface area contributed by atoms with Crippen molar-refractivity contribution in [3.05, 3.63) is 91.0 Å². The molecule has 0 aliphatic heterocycles. The minimum atomic E-state index is -0.441. The van der Waals surface area contributed by atoms with E-state index in [1.807, 2.05) is 0 Å². The number of rotatable bonds is 28. The molecule has 10 N–H and O–H groups in total. The van der Waals surface area contributed by atoms with Crippen LogP contribution in [0.4, 0.5) is 28.4 Å². The minimum Gasteiger partial charge on any atom is -0.504 e. The van der Waals surface area contributed by atoms with Gasteiger partial charge in [-0.3, -0.25) is 19.2 Å². The molecule has 0 heterocycles. The largest absolute Gasteiger partial charge is 0.504 e. The summed E-state index contributed by atoms with van der Waals surface area (Å²) < 4.78 is 61.6. The molecule has 5 aromatic rings. The molecule has 0 aliphatic carbocycles. The van der Waals surface area contributed by atoms with Crippen LogP contribution >= 0.6 is 0 Å². The van der Waals surface area contributed by atoms with Gasteiger partial charge in [0.15, 0.2) is 98.3 Å². The fourth-order valence-corrected chi connectivity index (χ4v) is 5.68. The predicted molar refractivity (Wildman–Crippen MR) is 291 cm³/mol. The normalized spacial score (nSPS) is 9.87. The smallest absolute Gasteiger partial charge is 0.224 e. The number of hydrogen-bond donors (Lipinski definition) is 9. The standard InChI is InChI=1S/C24H32N2O10.C16H16N2O6.C10H15NO4.3CH4/c1-29-13-33-19-7-5-17(11-21(19)35-15-31-3)25-23(27)9-10-24(28)26-18-6-8-20(34-14-30-2)22(12-18)36-16-32-4;19-11-3-1-9(7-13(11)21)17-15(23)5-6-16(24)18-10-2-4-12(20)14(22)8-10;1-12-6-14-9-4-3-8(11)5-10(9)15-7-13-2;;;/h5-8,11-12H,9-10,13-16H2,1-4H3,(H,25,27)(H,26,28);1-4,7-8,19-22H,5-6H2,(H,17,23)(H,18,24);3-5H,6-7,11H2,1-2H3;3*1H4. The van der Waals surface area contributed by atoms with Crippen LogP contribution in [0.25, 0.3) is 0 Å². The summed E-state index contributed by atoms with van der Waals surface area (Å²) in [7, 11) is 9.07. The second-order valence-corrected chi connectivity index (χ2v) is 14.9. The zero-order valence-corrected chi connectivity index (χ0v) is 42.1. The Morgan fingerprint density at radius 1 is 0.346 bits per heavy atom. The Balaban J connectivity index is 0.00000122. The van der Waals surface area contributed by atoms with Crippen molar-refractivity contribution < 1.29 is 96.4 Å². The molecular weight excluding hydrogens is 1030 g/mol. The molecule has 0 aromatic heterocycles. The molecular formula is C53H75N5O20. The number of nitrogens with one attached hydrogen (secondary N) is 4. The zero-order chi connectivity index (χ0) is 55.0. The van der Waals surface area contributed by atoms with Crippen LogP contribution in [-0.2, 0) is 47.6 Å². The molecule has 432 valence electrons. The number of aromatic hydroxyl groups is 4. The second-order valence-electron chi connectivity index (χ2n) is 14.9. The van der Waals surface area contributed by atoms with Crippen molar-refractivity contribution in [2.24, 2.45) is 0 Å². The number of benzene rings is 5. The first-order valence-electron chi connectivity index (χ1n) is 22.2. The van der Waals surface area contributed by atoms with Crippen LogP contribution < -0.4 is 55.4 Å². The number of carbonyl (C=O) groups excluding carboxylic acids is 4. The first-order valence-corrected chi connectivity index (χ1v) is 22.2. The summed E-state index contributed by atoms with van der Waals surface area (Å²) in [4.78, 5) is 48.3. The van der Waals surface area contributed by atoms with Gasteiger partial charge >= 0.3 is 0 Å². The van der Waals surface area contributed by atoms with E-state index in [0.717, 1.165) is 0 Å². The lowest BCUT2D eigenvalue weighted by Gasteiger charge is -2.14. The van der Waals surface area contributed by atoms with Crippen LogP contribution in [0.2, 0.25) is 0 Å². The van der Waals surface area contributed by atoms with Gasteiger partial charge in [-0.25, -0.2) is 0 Å². The van der Waals surface area contributed by atoms with Crippen molar-refractivity contribution in [3.63, 3.8) is 0 Å². The predicted octanol–water partition coefficient (Wildman–Crippen LogP) is 7.98. The van der Waals surface area contributed by atoms with Gasteiger partial charge in [-0.2, -0.15) is 0 Å². The first kappa shape index (κ1) is 69.5. The molecule has 4 amide bonds. The van der Waals surface area contributed by atoms with Crippen molar-refractivity contribution >= 4 is 52.1 Å². The molecule has 5 rings (SSSR count). The Morgan fingerprint density at radius 2 is 0.590 bits per heavy atom. The highest BCUT2D eigenvalue weighted by Crippen LogP contribution is 2.33. The van der Waals surface area contributed by atoms with Crippen LogP contribution in [0.3, 0.4) is 0 Å². The monoisotopic (exact) mass is 1100 g/mol. The second kappa shape index (κ2) is 39.0. The molecule has 0 fully saturated rings. The highest BCUT2D eigenvalue weighted by molar-refractivity contribution is 5.98. The van der Waals surface area contributed by atoms with Gasteiger partial charge in [0.2, 0.25) is 23.6 Å². The van der Waals surface area contributed by atoms with Gasteiger partial charge in [-0.1, -0.05) is 22.3 Å². The Labute approximate surface area is 454 Å². The number of nitrogen functional groups attached to an aromatic ring is 1. The van der Waals surface area contributed by atoms with E-state index in [1.54, 1.807) is 68.8 Å². The van der Waals surface area contributed by atoms with E-state index in [2.05, 4.69) is 21.3 Å². The van der Waals surface area contributed by atoms with Crippen molar-refractivity contribution in [2.45, 2.75) is 48.0 Å². The fourth-order valence-electron chi connectivity index (χ4n) is 5.68. The number of phenolic OH excluding ortho intramolecular Hbond substituents is 4. The van der Waals surface area contributed by atoms with Crippen LogP contribution in [-0.4, -0.2) is 127 Å². The van der Waals surface area contributed by atoms with Crippen molar-refractivity contribution in [1.29, 1.82) is 0 Å². The van der Waals surface area contributed by atoms with Crippen LogP contribution in [0, 0.1) is 0 Å². The maximum atomic E-state index is 12.4. The number of ether oxygens (including phenoxy) is 12. The molecule has 0 saturated carbocycles. The van der Waals surface area contributed by atoms with Gasteiger partial charge in [0.25, 0.3) is 0 Å². The summed E-state index contributed by atoms with van der Waals surface area (Å²) in [5.41, 5.74) is 7.75. The lowest BCUT2D eigenvalue weighted by Crippen LogP contribution is -2.17. The lowest BCUT2D eigenvalue weighted by molar-refractivity contribution is -0.121. The Morgan fingerprint density at radius 3 is 0.872 bits per heavy atom. The first-order chi connectivity index (χ1) is 36.1.